The van der Waals surface area contributed by atoms with Crippen molar-refractivity contribution in [2.45, 2.75) is 13.3 Å². The Morgan fingerprint density at radius 3 is 2.89 bits per heavy atom. The summed E-state index contributed by atoms with van der Waals surface area (Å²) in [7, 11) is 0. The number of aromatic nitrogens is 1. The number of carboxylic acid groups (broad SMARTS) is 1. The average molecular weight is 262 g/mol. The van der Waals surface area contributed by atoms with Crippen LogP contribution >= 0.6 is 11.3 Å². The van der Waals surface area contributed by atoms with Gasteiger partial charge in [0.25, 0.3) is 0 Å². The number of carboxylic acids is 1. The van der Waals surface area contributed by atoms with Gasteiger partial charge < -0.3 is 10.4 Å². The molecule has 0 atom stereocenters. The normalized spacial score (nSPS) is 10.3. The van der Waals surface area contributed by atoms with Gasteiger partial charge in [-0.1, -0.05) is 13.0 Å². The van der Waals surface area contributed by atoms with Crippen LogP contribution in [0.1, 0.15) is 23.7 Å². The summed E-state index contributed by atoms with van der Waals surface area (Å²) in [4.78, 5) is 16.5. The van der Waals surface area contributed by atoms with E-state index in [4.69, 9.17) is 5.11 Å². The fraction of sp³-hybridized carbons (Fsp3) is 0.231. The zero-order chi connectivity index (χ0) is 13.0. The highest BCUT2D eigenvalue weighted by Crippen LogP contribution is 2.25. The molecule has 0 fully saturated rings. The molecule has 2 N–H and O–H groups in total. The second-order valence-electron chi connectivity index (χ2n) is 3.80. The minimum atomic E-state index is -0.959. The van der Waals surface area contributed by atoms with Crippen LogP contribution in [0.3, 0.4) is 0 Å². The monoisotopic (exact) mass is 262 g/mol. The molecule has 2 heterocycles. The van der Waals surface area contributed by atoms with Crippen molar-refractivity contribution >= 4 is 23.1 Å². The zero-order valence-corrected chi connectivity index (χ0v) is 10.8. The lowest BCUT2D eigenvalue weighted by atomic mass is 10.2. The molecular weight excluding hydrogens is 248 g/mol. The largest absolute Gasteiger partial charge is 0.478 e. The second-order valence-corrected chi connectivity index (χ2v) is 4.75. The van der Waals surface area contributed by atoms with Gasteiger partial charge in [-0.2, -0.15) is 0 Å². The van der Waals surface area contributed by atoms with Gasteiger partial charge >= 0.3 is 5.97 Å². The molecule has 2 rings (SSSR count). The Morgan fingerprint density at radius 2 is 2.28 bits per heavy atom. The lowest BCUT2D eigenvalue weighted by molar-refractivity contribution is 0.0697. The average Bonchev–Trinajstić information content (AvgIpc) is 2.89. The predicted octanol–water partition coefficient (Wildman–Crippen LogP) is 3.33. The molecule has 18 heavy (non-hydrogen) atoms. The molecule has 94 valence electrons. The topological polar surface area (TPSA) is 62.2 Å². The van der Waals surface area contributed by atoms with Crippen LogP contribution in [0.5, 0.6) is 0 Å². The third kappa shape index (κ3) is 2.68. The first-order chi connectivity index (χ1) is 8.72. The summed E-state index contributed by atoms with van der Waals surface area (Å²) in [5, 5.41) is 14.1. The van der Waals surface area contributed by atoms with Gasteiger partial charge in [-0.25, -0.2) is 9.78 Å². The Labute approximate surface area is 109 Å². The lowest BCUT2D eigenvalue weighted by Gasteiger charge is -2.09. The first kappa shape index (κ1) is 12.6. The fourth-order valence-electron chi connectivity index (χ4n) is 1.57. The third-order valence-electron chi connectivity index (χ3n) is 2.44. The number of nitrogens with zero attached hydrogens (tertiary/aromatic N) is 1. The van der Waals surface area contributed by atoms with E-state index < -0.39 is 5.97 Å². The number of rotatable bonds is 5. The maximum atomic E-state index is 11.1. The van der Waals surface area contributed by atoms with Gasteiger partial charge in [0.05, 0.1) is 10.6 Å². The van der Waals surface area contributed by atoms with Crippen LogP contribution in [0.4, 0.5) is 5.82 Å². The number of thiophene rings is 1. The van der Waals surface area contributed by atoms with E-state index in [1.165, 1.54) is 0 Å². The molecule has 0 amide bonds. The van der Waals surface area contributed by atoms with Gasteiger partial charge in [0.15, 0.2) is 0 Å². The van der Waals surface area contributed by atoms with Crippen LogP contribution in [0.2, 0.25) is 0 Å². The van der Waals surface area contributed by atoms with Crippen LogP contribution in [-0.2, 0) is 0 Å². The first-order valence-electron chi connectivity index (χ1n) is 5.74. The molecule has 5 heteroatoms. The molecule has 0 aliphatic carbocycles. The van der Waals surface area contributed by atoms with E-state index in [0.29, 0.717) is 12.4 Å². The van der Waals surface area contributed by atoms with Gasteiger partial charge in [0.1, 0.15) is 11.4 Å². The number of carbonyl (C=O) groups is 1. The van der Waals surface area contributed by atoms with Crippen molar-refractivity contribution in [2.75, 3.05) is 11.9 Å². The van der Waals surface area contributed by atoms with Gasteiger partial charge in [0.2, 0.25) is 0 Å². The second kappa shape index (κ2) is 5.64. The summed E-state index contributed by atoms with van der Waals surface area (Å²) in [5.41, 5.74) is 1.01. The number of nitrogens with one attached hydrogen (secondary N) is 1. The van der Waals surface area contributed by atoms with Crippen LogP contribution in [0.25, 0.3) is 10.6 Å². The van der Waals surface area contributed by atoms with Crippen molar-refractivity contribution in [3.8, 4) is 10.6 Å². The Kier molecular flexibility index (Phi) is 3.94. The van der Waals surface area contributed by atoms with Crippen molar-refractivity contribution < 1.29 is 9.90 Å². The summed E-state index contributed by atoms with van der Waals surface area (Å²) in [6.45, 7) is 2.73. The van der Waals surface area contributed by atoms with Crippen LogP contribution in [-0.4, -0.2) is 22.6 Å². The SMILES string of the molecule is CCCNc1nc(-c2cccs2)ccc1C(=O)O. The highest BCUT2D eigenvalue weighted by atomic mass is 32.1. The van der Waals surface area contributed by atoms with Gasteiger partial charge in [-0.15, -0.1) is 11.3 Å². The molecule has 0 unspecified atom stereocenters. The van der Waals surface area contributed by atoms with E-state index in [0.717, 1.165) is 17.0 Å². The molecule has 2 aromatic rings. The molecule has 2 aromatic heterocycles. The summed E-state index contributed by atoms with van der Waals surface area (Å²) in [5.74, 6) is -0.519. The van der Waals surface area contributed by atoms with E-state index in [2.05, 4.69) is 10.3 Å². The lowest BCUT2D eigenvalue weighted by Crippen LogP contribution is -2.09. The number of pyridine rings is 1. The van der Waals surface area contributed by atoms with E-state index in [-0.39, 0.29) is 5.56 Å². The number of hydrogen-bond acceptors (Lipinski definition) is 4. The Balaban J connectivity index is 2.38. The van der Waals surface area contributed by atoms with Crippen molar-refractivity contribution in [1.82, 2.24) is 4.98 Å². The van der Waals surface area contributed by atoms with Crippen molar-refractivity contribution in [1.29, 1.82) is 0 Å². The van der Waals surface area contributed by atoms with E-state index in [1.807, 2.05) is 24.4 Å². The number of anilines is 1. The molecule has 0 spiro atoms. The van der Waals surface area contributed by atoms with Crippen LogP contribution in [0, 0.1) is 0 Å². The van der Waals surface area contributed by atoms with Crippen molar-refractivity contribution in [2.24, 2.45) is 0 Å². The standard InChI is InChI=1S/C13H14N2O2S/c1-2-7-14-12-9(13(16)17)5-6-10(15-12)11-4-3-8-18-11/h3-6,8H,2,7H2,1H3,(H,14,15)(H,16,17). The molecule has 0 aliphatic heterocycles. The predicted molar refractivity (Wildman–Crippen MR) is 73.3 cm³/mol. The maximum absolute atomic E-state index is 11.1. The quantitative estimate of drug-likeness (QED) is 0.867. The summed E-state index contributed by atoms with van der Waals surface area (Å²) in [6.07, 6.45) is 0.921. The Bertz CT molecular complexity index is 538. The Morgan fingerprint density at radius 1 is 1.44 bits per heavy atom. The maximum Gasteiger partial charge on any atom is 0.339 e. The highest BCUT2D eigenvalue weighted by Gasteiger charge is 2.12. The fourth-order valence-corrected chi connectivity index (χ4v) is 2.27. The van der Waals surface area contributed by atoms with Crippen LogP contribution < -0.4 is 5.32 Å². The van der Waals surface area contributed by atoms with Gasteiger partial charge in [-0.05, 0) is 30.0 Å². The highest BCUT2D eigenvalue weighted by molar-refractivity contribution is 7.13. The van der Waals surface area contributed by atoms with E-state index >= 15 is 0 Å². The molecule has 0 radical (unpaired) electrons. The minimum Gasteiger partial charge on any atom is -0.478 e. The van der Waals surface area contributed by atoms with Crippen molar-refractivity contribution in [3.63, 3.8) is 0 Å². The van der Waals surface area contributed by atoms with E-state index in [1.54, 1.807) is 23.5 Å². The minimum absolute atomic E-state index is 0.212. The van der Waals surface area contributed by atoms with Gasteiger partial charge in [0, 0.05) is 6.54 Å². The molecule has 0 bridgehead atoms. The molecule has 0 aromatic carbocycles. The summed E-state index contributed by atoms with van der Waals surface area (Å²) in [6, 6.07) is 7.26. The summed E-state index contributed by atoms with van der Waals surface area (Å²) >= 11 is 1.59. The molecular formula is C13H14N2O2S. The van der Waals surface area contributed by atoms with E-state index in [9.17, 15) is 4.79 Å². The van der Waals surface area contributed by atoms with Gasteiger partial charge in [-0.3, -0.25) is 0 Å². The molecule has 4 nitrogen and oxygen atoms in total. The molecule has 0 aliphatic rings. The summed E-state index contributed by atoms with van der Waals surface area (Å²) < 4.78 is 0. The molecule has 0 saturated carbocycles. The Hall–Kier alpha value is -1.88. The first-order valence-corrected chi connectivity index (χ1v) is 6.62. The number of hydrogen-bond donors (Lipinski definition) is 2. The number of aromatic carboxylic acids is 1. The third-order valence-corrected chi connectivity index (χ3v) is 3.33. The van der Waals surface area contributed by atoms with Crippen LogP contribution in [0.15, 0.2) is 29.6 Å². The smallest absolute Gasteiger partial charge is 0.339 e. The molecule has 0 saturated heterocycles. The zero-order valence-electron chi connectivity index (χ0n) is 10.0. The van der Waals surface area contributed by atoms with Crippen molar-refractivity contribution in [3.05, 3.63) is 35.2 Å².